The number of halogens is 1. The van der Waals surface area contributed by atoms with Gasteiger partial charge in [0.25, 0.3) is 0 Å². The van der Waals surface area contributed by atoms with Gasteiger partial charge in [0, 0.05) is 16.7 Å². The zero-order chi connectivity index (χ0) is 24.4. The Hall–Kier alpha value is -4.83. The molecule has 0 atom stereocenters. The molecule has 0 saturated carbocycles. The third-order valence-electron chi connectivity index (χ3n) is 5.76. The monoisotopic (exact) mass is 460 g/mol. The van der Waals surface area contributed by atoms with E-state index in [0.717, 1.165) is 22.4 Å². The van der Waals surface area contributed by atoms with Crippen molar-refractivity contribution >= 4 is 34.1 Å². The second-order valence-electron chi connectivity index (χ2n) is 8.11. The zero-order valence-corrected chi connectivity index (χ0v) is 19.2. The number of nitrogens with zero attached hydrogens (tertiary/aromatic N) is 4. The van der Waals surface area contributed by atoms with Crippen LogP contribution in [0.5, 0.6) is 0 Å². The maximum absolute atomic E-state index is 14.8. The number of nitrogens with one attached hydrogen (secondary N) is 2. The molecule has 0 amide bonds. The minimum Gasteiger partial charge on any atom is -0.341 e. The SMILES string of the molecule is Cc1cc(C#N)cc(F)c1Nc1nc(N=C(c2ccccc2)c2ccccc2)c2[nH]cnc2c1C. The highest BCUT2D eigenvalue weighted by Gasteiger charge is 2.17. The molecule has 6 nitrogen and oxygen atoms in total. The van der Waals surface area contributed by atoms with Gasteiger partial charge in [-0.3, -0.25) is 0 Å². The van der Waals surface area contributed by atoms with E-state index in [1.807, 2.05) is 73.7 Å². The molecule has 35 heavy (non-hydrogen) atoms. The van der Waals surface area contributed by atoms with Crippen molar-refractivity contribution in [1.29, 1.82) is 5.26 Å². The Morgan fingerprint density at radius 1 is 1.00 bits per heavy atom. The number of hydrogen-bond donors (Lipinski definition) is 2. The Balaban J connectivity index is 1.69. The second-order valence-corrected chi connectivity index (χ2v) is 8.11. The molecule has 5 aromatic rings. The van der Waals surface area contributed by atoms with Gasteiger partial charge >= 0.3 is 0 Å². The van der Waals surface area contributed by atoms with E-state index in [1.54, 1.807) is 19.3 Å². The zero-order valence-electron chi connectivity index (χ0n) is 19.2. The number of aromatic nitrogens is 3. The fourth-order valence-electron chi connectivity index (χ4n) is 3.99. The van der Waals surface area contributed by atoms with Gasteiger partial charge in [0.2, 0.25) is 0 Å². The van der Waals surface area contributed by atoms with Crippen LogP contribution in [0, 0.1) is 31.0 Å². The summed E-state index contributed by atoms with van der Waals surface area (Å²) in [7, 11) is 0. The fourth-order valence-corrected chi connectivity index (χ4v) is 3.99. The predicted octanol–water partition coefficient (Wildman–Crippen LogP) is 6.50. The molecular weight excluding hydrogens is 439 g/mol. The molecule has 0 unspecified atom stereocenters. The molecule has 0 aliphatic rings. The van der Waals surface area contributed by atoms with Gasteiger partial charge in [0.05, 0.1) is 34.9 Å². The van der Waals surface area contributed by atoms with Crippen molar-refractivity contribution in [2.45, 2.75) is 13.8 Å². The molecule has 0 saturated heterocycles. The number of fused-ring (bicyclic) bond motifs is 1. The molecule has 0 bridgehead atoms. The average Bonchev–Trinajstić information content (AvgIpc) is 3.38. The summed E-state index contributed by atoms with van der Waals surface area (Å²) >= 11 is 0. The third kappa shape index (κ3) is 4.25. The maximum atomic E-state index is 14.8. The highest BCUT2D eigenvalue weighted by Crippen LogP contribution is 2.33. The van der Waals surface area contributed by atoms with Crippen LogP contribution < -0.4 is 5.32 Å². The predicted molar refractivity (Wildman–Crippen MR) is 136 cm³/mol. The molecule has 2 aromatic heterocycles. The molecule has 0 aliphatic carbocycles. The number of benzene rings is 3. The molecule has 2 heterocycles. The van der Waals surface area contributed by atoms with Gasteiger partial charge in [-0.2, -0.15) is 5.26 Å². The fraction of sp³-hybridized carbons (Fsp3) is 0.0714. The van der Waals surface area contributed by atoms with Gasteiger partial charge in [0.15, 0.2) is 5.82 Å². The largest absolute Gasteiger partial charge is 0.341 e. The van der Waals surface area contributed by atoms with Crippen LogP contribution >= 0.6 is 0 Å². The first-order valence-corrected chi connectivity index (χ1v) is 11.1. The quantitative estimate of drug-likeness (QED) is 0.293. The number of H-pyrrole nitrogens is 1. The smallest absolute Gasteiger partial charge is 0.180 e. The van der Waals surface area contributed by atoms with Gasteiger partial charge in [-0.25, -0.2) is 19.4 Å². The Bertz CT molecular complexity index is 1530. The molecule has 7 heteroatoms. The molecule has 5 rings (SSSR count). The average molecular weight is 461 g/mol. The van der Waals surface area contributed by atoms with E-state index in [-0.39, 0.29) is 11.3 Å². The highest BCUT2D eigenvalue weighted by molar-refractivity contribution is 6.14. The van der Waals surface area contributed by atoms with Crippen molar-refractivity contribution in [3.8, 4) is 6.07 Å². The number of imidazole rings is 1. The van der Waals surface area contributed by atoms with E-state index >= 15 is 0 Å². The lowest BCUT2D eigenvalue weighted by Gasteiger charge is -2.14. The normalized spacial score (nSPS) is 10.7. The first kappa shape index (κ1) is 22.0. The number of rotatable bonds is 5. The molecule has 3 aromatic carbocycles. The van der Waals surface area contributed by atoms with E-state index in [0.29, 0.717) is 28.2 Å². The summed E-state index contributed by atoms with van der Waals surface area (Å²) in [5, 5.41) is 12.3. The Morgan fingerprint density at radius 3 is 2.26 bits per heavy atom. The standard InChI is InChI=1S/C28H21FN6/c1-17-13-19(15-30)14-22(29)23(17)33-27-18(2)24-26(32-16-31-24)28(35-27)34-25(20-9-5-3-6-10-20)21-11-7-4-8-12-21/h3-14,16H,1-2H3,(H,31,32)(H,33,35). The number of pyridine rings is 1. The lowest BCUT2D eigenvalue weighted by molar-refractivity contribution is 0.630. The summed E-state index contributed by atoms with van der Waals surface area (Å²) < 4.78 is 14.8. The summed E-state index contributed by atoms with van der Waals surface area (Å²) in [4.78, 5) is 17.4. The minimum absolute atomic E-state index is 0.260. The number of aliphatic imine (C=N–C) groups is 1. The number of anilines is 2. The van der Waals surface area contributed by atoms with Crippen LogP contribution in [-0.4, -0.2) is 20.7 Å². The summed E-state index contributed by atoms with van der Waals surface area (Å²) in [6.07, 6.45) is 1.60. The van der Waals surface area contributed by atoms with Gasteiger partial charge in [-0.05, 0) is 31.5 Å². The van der Waals surface area contributed by atoms with Crippen molar-refractivity contribution in [2.24, 2.45) is 4.99 Å². The lowest BCUT2D eigenvalue weighted by atomic mass is 10.0. The van der Waals surface area contributed by atoms with E-state index in [4.69, 9.17) is 15.2 Å². The van der Waals surface area contributed by atoms with Crippen molar-refractivity contribution in [1.82, 2.24) is 15.0 Å². The van der Waals surface area contributed by atoms with E-state index < -0.39 is 5.82 Å². The number of hydrogen-bond acceptors (Lipinski definition) is 5. The van der Waals surface area contributed by atoms with Gasteiger partial charge in [-0.15, -0.1) is 0 Å². The van der Waals surface area contributed by atoms with Crippen LogP contribution in [0.1, 0.15) is 27.8 Å². The summed E-state index contributed by atoms with van der Waals surface area (Å²) in [6.45, 7) is 3.62. The minimum atomic E-state index is -0.524. The third-order valence-corrected chi connectivity index (χ3v) is 5.76. The second kappa shape index (κ2) is 9.20. The highest BCUT2D eigenvalue weighted by atomic mass is 19.1. The Morgan fingerprint density at radius 2 is 1.66 bits per heavy atom. The van der Waals surface area contributed by atoms with Crippen LogP contribution in [0.25, 0.3) is 11.0 Å². The van der Waals surface area contributed by atoms with Crippen LogP contribution in [0.15, 0.2) is 84.1 Å². The van der Waals surface area contributed by atoms with Gasteiger partial charge in [0.1, 0.15) is 17.2 Å². The van der Waals surface area contributed by atoms with E-state index in [2.05, 4.69) is 15.3 Å². The van der Waals surface area contributed by atoms with Crippen LogP contribution in [0.4, 0.5) is 21.7 Å². The van der Waals surface area contributed by atoms with Crippen LogP contribution in [-0.2, 0) is 0 Å². The summed E-state index contributed by atoms with van der Waals surface area (Å²) in [5.41, 5.74) is 5.89. The molecule has 170 valence electrons. The lowest BCUT2D eigenvalue weighted by Crippen LogP contribution is -2.05. The van der Waals surface area contributed by atoms with Crippen molar-refractivity contribution < 1.29 is 4.39 Å². The Labute approximate surface area is 201 Å². The molecule has 0 radical (unpaired) electrons. The molecule has 2 N–H and O–H groups in total. The molecule has 0 fully saturated rings. The number of nitriles is 1. The van der Waals surface area contributed by atoms with E-state index in [1.165, 1.54) is 6.07 Å². The summed E-state index contributed by atoms with van der Waals surface area (Å²) in [5.74, 6) is 0.347. The molecular formula is C28H21FN6. The Kier molecular flexibility index (Phi) is 5.78. The van der Waals surface area contributed by atoms with Crippen LogP contribution in [0.2, 0.25) is 0 Å². The number of aromatic amines is 1. The van der Waals surface area contributed by atoms with Crippen molar-refractivity contribution in [3.05, 3.63) is 113 Å². The topological polar surface area (TPSA) is 89.8 Å². The molecule has 0 spiro atoms. The van der Waals surface area contributed by atoms with Gasteiger partial charge < -0.3 is 10.3 Å². The van der Waals surface area contributed by atoms with Gasteiger partial charge in [-0.1, -0.05) is 60.7 Å². The first-order chi connectivity index (χ1) is 17.0. The van der Waals surface area contributed by atoms with Crippen LogP contribution in [0.3, 0.4) is 0 Å². The van der Waals surface area contributed by atoms with Crippen molar-refractivity contribution in [3.63, 3.8) is 0 Å². The van der Waals surface area contributed by atoms with E-state index in [9.17, 15) is 4.39 Å². The summed E-state index contributed by atoms with van der Waals surface area (Å²) in [6, 6.07) is 24.6. The van der Waals surface area contributed by atoms with Crippen molar-refractivity contribution in [2.75, 3.05) is 5.32 Å². The number of aryl methyl sites for hydroxylation is 2. The first-order valence-electron chi connectivity index (χ1n) is 11.1. The maximum Gasteiger partial charge on any atom is 0.180 e. The molecule has 0 aliphatic heterocycles.